The number of aromatic carboxylic acids is 1. The van der Waals surface area contributed by atoms with E-state index in [-0.39, 0.29) is 16.6 Å². The highest BCUT2D eigenvalue weighted by atomic mass is 32.1. The fourth-order valence-corrected chi connectivity index (χ4v) is 1.37. The van der Waals surface area contributed by atoms with Gasteiger partial charge in [-0.3, -0.25) is 0 Å². The van der Waals surface area contributed by atoms with Gasteiger partial charge in [-0.1, -0.05) is 11.3 Å². The molecule has 1 aromatic heterocycles. The summed E-state index contributed by atoms with van der Waals surface area (Å²) in [6.45, 7) is 0.106. The van der Waals surface area contributed by atoms with Gasteiger partial charge in [-0.05, 0) is 0 Å². The van der Waals surface area contributed by atoms with E-state index in [1.807, 2.05) is 0 Å². The number of anilines is 1. The molecule has 6 heteroatoms. The first-order valence-corrected chi connectivity index (χ1v) is 3.65. The molecule has 1 heterocycles. The molecule has 5 nitrogen and oxygen atoms in total. The zero-order chi connectivity index (χ0) is 8.43. The molecule has 0 aliphatic carbocycles. The van der Waals surface area contributed by atoms with Crippen molar-refractivity contribution in [2.24, 2.45) is 5.73 Å². The normalized spacial score (nSPS) is 9.91. The summed E-state index contributed by atoms with van der Waals surface area (Å²) in [4.78, 5) is 14.3. The molecule has 0 atom stereocenters. The maximum atomic E-state index is 10.5. The van der Waals surface area contributed by atoms with Gasteiger partial charge in [0.05, 0.1) is 5.69 Å². The van der Waals surface area contributed by atoms with E-state index in [1.54, 1.807) is 0 Å². The molecule has 11 heavy (non-hydrogen) atoms. The number of carboxylic acids is 1. The second-order valence-corrected chi connectivity index (χ2v) is 2.87. The van der Waals surface area contributed by atoms with Crippen LogP contribution in [-0.4, -0.2) is 16.1 Å². The monoisotopic (exact) mass is 173 g/mol. The Balaban J connectivity index is 3.12. The largest absolute Gasteiger partial charge is 0.477 e. The molecule has 0 saturated heterocycles. The molecule has 0 radical (unpaired) electrons. The molecule has 0 fully saturated rings. The summed E-state index contributed by atoms with van der Waals surface area (Å²) in [5.41, 5.74) is 10.9. The topological polar surface area (TPSA) is 102 Å². The number of nitrogens with two attached hydrogens (primary N) is 2. The summed E-state index contributed by atoms with van der Waals surface area (Å²) in [6.07, 6.45) is 0. The predicted molar refractivity (Wildman–Crippen MR) is 41.4 cm³/mol. The molecule has 0 spiro atoms. The number of hydrogen-bond donors (Lipinski definition) is 3. The van der Waals surface area contributed by atoms with E-state index < -0.39 is 5.97 Å². The number of rotatable bonds is 2. The maximum absolute atomic E-state index is 10.5. The van der Waals surface area contributed by atoms with Crippen molar-refractivity contribution in [1.29, 1.82) is 0 Å². The lowest BCUT2D eigenvalue weighted by Crippen LogP contribution is -2.04. The van der Waals surface area contributed by atoms with Gasteiger partial charge in [-0.15, -0.1) is 0 Å². The minimum absolute atomic E-state index is 0.106. The van der Waals surface area contributed by atoms with Crippen LogP contribution in [0.1, 0.15) is 15.4 Å². The number of thiazole rings is 1. The molecular formula is C5H7N3O2S. The molecule has 0 bridgehead atoms. The summed E-state index contributed by atoms with van der Waals surface area (Å²) in [5.74, 6) is -1.03. The van der Waals surface area contributed by atoms with Crippen LogP contribution in [-0.2, 0) is 6.54 Å². The lowest BCUT2D eigenvalue weighted by molar-refractivity contribution is 0.0701. The van der Waals surface area contributed by atoms with Crippen LogP contribution in [0.3, 0.4) is 0 Å². The van der Waals surface area contributed by atoms with Crippen LogP contribution in [0.25, 0.3) is 0 Å². The van der Waals surface area contributed by atoms with Gasteiger partial charge in [-0.2, -0.15) is 0 Å². The molecule has 1 aromatic rings. The second-order valence-electron chi connectivity index (χ2n) is 1.84. The highest BCUT2D eigenvalue weighted by Crippen LogP contribution is 2.19. The van der Waals surface area contributed by atoms with Crippen LogP contribution < -0.4 is 11.5 Å². The molecule has 0 aromatic carbocycles. The van der Waals surface area contributed by atoms with Crippen molar-refractivity contribution in [3.63, 3.8) is 0 Å². The smallest absolute Gasteiger partial charge is 0.347 e. The van der Waals surface area contributed by atoms with E-state index in [1.165, 1.54) is 0 Å². The molecule has 0 saturated carbocycles. The predicted octanol–water partition coefficient (Wildman–Crippen LogP) is -0.118. The Morgan fingerprint density at radius 2 is 2.36 bits per heavy atom. The fourth-order valence-electron chi connectivity index (χ4n) is 0.676. The van der Waals surface area contributed by atoms with E-state index in [4.69, 9.17) is 16.6 Å². The third kappa shape index (κ3) is 1.47. The van der Waals surface area contributed by atoms with E-state index in [0.29, 0.717) is 5.69 Å². The molecule has 0 aliphatic rings. The van der Waals surface area contributed by atoms with Gasteiger partial charge < -0.3 is 16.6 Å². The van der Waals surface area contributed by atoms with Crippen LogP contribution in [0.4, 0.5) is 5.13 Å². The standard InChI is InChI=1S/C5H7N3O2S/c6-1-2-3(4(9)10)11-5(7)8-2/h1,6H2,(H2,7,8)(H,9,10). The van der Waals surface area contributed by atoms with Crippen molar-refractivity contribution >= 4 is 22.4 Å². The van der Waals surface area contributed by atoms with Gasteiger partial charge >= 0.3 is 5.97 Å². The number of carboxylic acid groups (broad SMARTS) is 1. The minimum atomic E-state index is -1.03. The van der Waals surface area contributed by atoms with E-state index >= 15 is 0 Å². The second kappa shape index (κ2) is 2.85. The molecule has 1 rings (SSSR count). The summed E-state index contributed by atoms with van der Waals surface area (Å²) in [5, 5.41) is 8.81. The lowest BCUT2D eigenvalue weighted by Gasteiger charge is -1.89. The Bertz CT molecular complexity index is 283. The summed E-state index contributed by atoms with van der Waals surface area (Å²) < 4.78 is 0. The van der Waals surface area contributed by atoms with Gasteiger partial charge in [0, 0.05) is 6.54 Å². The highest BCUT2D eigenvalue weighted by molar-refractivity contribution is 7.17. The number of nitrogen functional groups attached to an aromatic ring is 1. The molecule has 0 amide bonds. The van der Waals surface area contributed by atoms with Crippen LogP contribution in [0, 0.1) is 0 Å². The quantitative estimate of drug-likeness (QED) is 0.578. The first-order valence-electron chi connectivity index (χ1n) is 2.83. The molecule has 0 aliphatic heterocycles. The first-order chi connectivity index (χ1) is 5.15. The third-order valence-corrected chi connectivity index (χ3v) is 2.02. The van der Waals surface area contributed by atoms with Crippen LogP contribution >= 0.6 is 11.3 Å². The number of hydrogen-bond acceptors (Lipinski definition) is 5. The Kier molecular flexibility index (Phi) is 2.06. The number of nitrogens with zero attached hydrogens (tertiary/aromatic N) is 1. The van der Waals surface area contributed by atoms with E-state index in [9.17, 15) is 4.79 Å². The Morgan fingerprint density at radius 1 is 1.73 bits per heavy atom. The summed E-state index contributed by atoms with van der Waals surface area (Å²) in [7, 11) is 0. The SMILES string of the molecule is NCc1nc(N)sc1C(=O)O. The minimum Gasteiger partial charge on any atom is -0.477 e. The van der Waals surface area contributed by atoms with Gasteiger partial charge in [0.15, 0.2) is 5.13 Å². The lowest BCUT2D eigenvalue weighted by atomic mass is 10.4. The average Bonchev–Trinajstić information content (AvgIpc) is 2.30. The van der Waals surface area contributed by atoms with Crippen molar-refractivity contribution in [3.05, 3.63) is 10.6 Å². The van der Waals surface area contributed by atoms with Gasteiger partial charge in [0.1, 0.15) is 4.88 Å². The summed E-state index contributed by atoms with van der Waals surface area (Å²) >= 11 is 0.934. The summed E-state index contributed by atoms with van der Waals surface area (Å²) in [6, 6.07) is 0. The Labute approximate surface area is 66.7 Å². The van der Waals surface area contributed by atoms with Crippen LogP contribution in [0.5, 0.6) is 0 Å². The van der Waals surface area contributed by atoms with E-state index in [2.05, 4.69) is 4.98 Å². The Morgan fingerprint density at radius 3 is 2.73 bits per heavy atom. The van der Waals surface area contributed by atoms with Crippen molar-refractivity contribution in [1.82, 2.24) is 4.98 Å². The van der Waals surface area contributed by atoms with Gasteiger partial charge in [0.25, 0.3) is 0 Å². The molecule has 0 unspecified atom stereocenters. The number of carbonyl (C=O) groups is 1. The number of aromatic nitrogens is 1. The van der Waals surface area contributed by atoms with Crippen molar-refractivity contribution < 1.29 is 9.90 Å². The molecular weight excluding hydrogens is 166 g/mol. The van der Waals surface area contributed by atoms with Crippen molar-refractivity contribution in [3.8, 4) is 0 Å². The maximum Gasteiger partial charge on any atom is 0.347 e. The van der Waals surface area contributed by atoms with E-state index in [0.717, 1.165) is 11.3 Å². The van der Waals surface area contributed by atoms with Crippen molar-refractivity contribution in [2.45, 2.75) is 6.54 Å². The third-order valence-electron chi connectivity index (χ3n) is 1.10. The zero-order valence-corrected chi connectivity index (χ0v) is 6.39. The fraction of sp³-hybridized carbons (Fsp3) is 0.200. The highest BCUT2D eigenvalue weighted by Gasteiger charge is 2.13. The molecule has 5 N–H and O–H groups in total. The van der Waals surface area contributed by atoms with Crippen LogP contribution in [0.15, 0.2) is 0 Å². The van der Waals surface area contributed by atoms with Crippen LogP contribution in [0.2, 0.25) is 0 Å². The van der Waals surface area contributed by atoms with Gasteiger partial charge in [0.2, 0.25) is 0 Å². The van der Waals surface area contributed by atoms with Gasteiger partial charge in [-0.25, -0.2) is 9.78 Å². The molecule has 60 valence electrons. The Hall–Kier alpha value is -1.14. The van der Waals surface area contributed by atoms with Crippen molar-refractivity contribution in [2.75, 3.05) is 5.73 Å². The zero-order valence-electron chi connectivity index (χ0n) is 5.57. The first kappa shape index (κ1) is 7.96. The average molecular weight is 173 g/mol.